The average molecular weight is 438 g/mol. The third-order valence-corrected chi connectivity index (χ3v) is 5.43. The van der Waals surface area contributed by atoms with Crippen LogP contribution in [0.25, 0.3) is 0 Å². The maximum absolute atomic E-state index is 13.7. The Balaban J connectivity index is 1.73. The fraction of sp³-hybridized carbons (Fsp3) is 0.316. The second kappa shape index (κ2) is 7.51. The number of likely N-dealkylation sites (N-methyl/N-ethyl adjacent to an activating group) is 1. The molecule has 0 saturated carbocycles. The van der Waals surface area contributed by atoms with E-state index in [1.165, 1.54) is 11.8 Å². The highest BCUT2D eigenvalue weighted by Crippen LogP contribution is 2.23. The van der Waals surface area contributed by atoms with Crippen LogP contribution in [-0.2, 0) is 0 Å². The van der Waals surface area contributed by atoms with Gasteiger partial charge < -0.3 is 9.80 Å². The molecule has 1 atom stereocenters. The lowest BCUT2D eigenvalue weighted by Gasteiger charge is -2.39. The van der Waals surface area contributed by atoms with Gasteiger partial charge >= 0.3 is 0 Å². The maximum atomic E-state index is 13.7. The van der Waals surface area contributed by atoms with Gasteiger partial charge in [0.2, 0.25) is 0 Å². The molecule has 24 heavy (non-hydrogen) atoms. The number of halogens is 2. The summed E-state index contributed by atoms with van der Waals surface area (Å²) in [5.41, 5.74) is 1.59. The largest absolute Gasteiger partial charge is 0.369 e. The quantitative estimate of drug-likeness (QED) is 0.672. The lowest BCUT2D eigenvalue weighted by molar-refractivity contribution is 0.0717. The molecule has 5 heteroatoms. The van der Waals surface area contributed by atoms with Gasteiger partial charge in [0.1, 0.15) is 5.82 Å². The van der Waals surface area contributed by atoms with Crippen molar-refractivity contribution in [1.82, 2.24) is 4.90 Å². The summed E-state index contributed by atoms with van der Waals surface area (Å²) in [5.74, 6) is -0.463. The molecule has 2 aromatic carbocycles. The third kappa shape index (κ3) is 3.71. The van der Waals surface area contributed by atoms with Crippen LogP contribution in [0.15, 0.2) is 48.5 Å². The van der Waals surface area contributed by atoms with Crippen LogP contribution in [-0.4, -0.2) is 37.0 Å². The fourth-order valence-electron chi connectivity index (χ4n) is 3.14. The molecule has 2 aromatic rings. The van der Waals surface area contributed by atoms with Gasteiger partial charge in [-0.3, -0.25) is 4.79 Å². The molecule has 126 valence electrons. The maximum Gasteiger partial charge on any atom is 0.254 e. The summed E-state index contributed by atoms with van der Waals surface area (Å²) < 4.78 is 14.3. The Morgan fingerprint density at radius 2 is 2.00 bits per heavy atom. The number of hydrogen-bond acceptors (Lipinski definition) is 2. The van der Waals surface area contributed by atoms with Crippen molar-refractivity contribution in [3.8, 4) is 0 Å². The zero-order valence-corrected chi connectivity index (χ0v) is 15.7. The van der Waals surface area contributed by atoms with Crippen LogP contribution in [0.2, 0.25) is 0 Å². The Labute approximate surface area is 155 Å². The molecule has 1 saturated heterocycles. The number of nitrogens with zero attached hydrogens (tertiary/aromatic N) is 2. The molecule has 3 nitrogen and oxygen atoms in total. The smallest absolute Gasteiger partial charge is 0.254 e. The molecule has 0 radical (unpaired) electrons. The second-order valence-electron chi connectivity index (χ2n) is 6.12. The zero-order valence-electron chi connectivity index (χ0n) is 13.6. The predicted octanol–water partition coefficient (Wildman–Crippen LogP) is 4.17. The second-order valence-corrected chi connectivity index (χ2v) is 7.28. The molecule has 1 aliphatic rings. The van der Waals surface area contributed by atoms with Gasteiger partial charge in [0.15, 0.2) is 0 Å². The van der Waals surface area contributed by atoms with Gasteiger partial charge in [0, 0.05) is 41.0 Å². The fourth-order valence-corrected chi connectivity index (χ4v) is 3.48. The summed E-state index contributed by atoms with van der Waals surface area (Å²) in [6, 6.07) is 15.1. The van der Waals surface area contributed by atoms with Crippen LogP contribution in [0.4, 0.5) is 10.1 Å². The predicted molar refractivity (Wildman–Crippen MR) is 103 cm³/mol. The first-order chi connectivity index (χ1) is 11.6. The number of carbonyl (C=O) groups is 1. The van der Waals surface area contributed by atoms with E-state index in [2.05, 4.69) is 17.0 Å². The minimum Gasteiger partial charge on any atom is -0.369 e. The standard InChI is InChI=1S/C19H20FIN2O/c1-22(19(24)14-9-10-18(21)17(20)12-14)16-8-5-11-23(13-16)15-6-3-2-4-7-15/h2-4,6-7,9-10,12,16H,5,8,11,13H2,1H3. The van der Waals surface area contributed by atoms with E-state index in [9.17, 15) is 9.18 Å². The first-order valence-corrected chi connectivity index (χ1v) is 9.16. The molecule has 0 aliphatic carbocycles. The highest BCUT2D eigenvalue weighted by atomic mass is 127. The van der Waals surface area contributed by atoms with Gasteiger partial charge in [0.25, 0.3) is 5.91 Å². The van der Waals surface area contributed by atoms with Crippen molar-refractivity contribution in [1.29, 1.82) is 0 Å². The van der Waals surface area contributed by atoms with Crippen molar-refractivity contribution in [2.75, 3.05) is 25.0 Å². The topological polar surface area (TPSA) is 23.6 Å². The van der Waals surface area contributed by atoms with Gasteiger partial charge in [-0.2, -0.15) is 0 Å². The summed E-state index contributed by atoms with van der Waals surface area (Å²) in [6.07, 6.45) is 2.01. The van der Waals surface area contributed by atoms with Gasteiger partial charge in [-0.25, -0.2) is 4.39 Å². The van der Waals surface area contributed by atoms with Crippen LogP contribution in [0, 0.1) is 9.39 Å². The van der Waals surface area contributed by atoms with Gasteiger partial charge in [-0.05, 0) is 65.8 Å². The van der Waals surface area contributed by atoms with E-state index in [4.69, 9.17) is 0 Å². The monoisotopic (exact) mass is 438 g/mol. The van der Waals surface area contributed by atoms with Crippen molar-refractivity contribution >= 4 is 34.2 Å². The van der Waals surface area contributed by atoms with Crippen molar-refractivity contribution in [3.05, 3.63) is 63.5 Å². The molecule has 0 aromatic heterocycles. The summed E-state index contributed by atoms with van der Waals surface area (Å²) in [4.78, 5) is 16.8. The first-order valence-electron chi connectivity index (χ1n) is 8.08. The lowest BCUT2D eigenvalue weighted by Crippen LogP contribution is -2.48. The van der Waals surface area contributed by atoms with E-state index in [-0.39, 0.29) is 17.8 Å². The zero-order chi connectivity index (χ0) is 17.1. The minimum absolute atomic E-state index is 0.120. The number of benzene rings is 2. The third-order valence-electron chi connectivity index (χ3n) is 4.55. The molecule has 1 aliphatic heterocycles. The number of anilines is 1. The number of amides is 1. The van der Waals surface area contributed by atoms with Crippen molar-refractivity contribution in [2.45, 2.75) is 18.9 Å². The molecule has 0 N–H and O–H groups in total. The normalized spacial score (nSPS) is 17.6. The van der Waals surface area contributed by atoms with Gasteiger partial charge in [0.05, 0.1) is 0 Å². The van der Waals surface area contributed by atoms with Crippen LogP contribution >= 0.6 is 22.6 Å². The van der Waals surface area contributed by atoms with E-state index >= 15 is 0 Å². The van der Waals surface area contributed by atoms with Crippen LogP contribution in [0.3, 0.4) is 0 Å². The van der Waals surface area contributed by atoms with Crippen LogP contribution in [0.5, 0.6) is 0 Å². The molecular formula is C19H20FIN2O. The SMILES string of the molecule is CN(C(=O)c1ccc(I)c(F)c1)C1CCCN(c2ccccc2)C1. The van der Waals surface area contributed by atoms with E-state index in [1.807, 2.05) is 47.8 Å². The molecule has 1 unspecified atom stereocenters. The molecule has 3 rings (SSSR count). The number of para-hydroxylation sites is 1. The average Bonchev–Trinajstić information content (AvgIpc) is 2.63. The van der Waals surface area contributed by atoms with Crippen molar-refractivity contribution < 1.29 is 9.18 Å². The highest BCUT2D eigenvalue weighted by molar-refractivity contribution is 14.1. The summed E-state index contributed by atoms with van der Waals surface area (Å²) in [6.45, 7) is 1.81. The number of hydrogen-bond donors (Lipinski definition) is 0. The molecule has 1 heterocycles. The molecule has 0 bridgehead atoms. The molecule has 1 amide bonds. The molecular weight excluding hydrogens is 418 g/mol. The Morgan fingerprint density at radius 1 is 1.25 bits per heavy atom. The van der Waals surface area contributed by atoms with E-state index in [0.717, 1.165) is 25.9 Å². The lowest BCUT2D eigenvalue weighted by atomic mass is 10.0. The van der Waals surface area contributed by atoms with Crippen molar-refractivity contribution in [2.24, 2.45) is 0 Å². The Hall–Kier alpha value is -1.63. The number of carbonyl (C=O) groups excluding carboxylic acids is 1. The summed E-state index contributed by atoms with van der Waals surface area (Å²) >= 11 is 1.93. The van der Waals surface area contributed by atoms with E-state index in [1.54, 1.807) is 17.0 Å². The Morgan fingerprint density at radius 3 is 2.71 bits per heavy atom. The summed E-state index contributed by atoms with van der Waals surface area (Å²) in [7, 11) is 1.82. The summed E-state index contributed by atoms with van der Waals surface area (Å²) in [5, 5.41) is 0. The van der Waals surface area contributed by atoms with E-state index in [0.29, 0.717) is 9.13 Å². The van der Waals surface area contributed by atoms with E-state index < -0.39 is 0 Å². The van der Waals surface area contributed by atoms with Gasteiger partial charge in [-0.1, -0.05) is 18.2 Å². The Kier molecular flexibility index (Phi) is 5.38. The van der Waals surface area contributed by atoms with Gasteiger partial charge in [-0.15, -0.1) is 0 Å². The Bertz CT molecular complexity index is 723. The highest BCUT2D eigenvalue weighted by Gasteiger charge is 2.27. The van der Waals surface area contributed by atoms with Crippen LogP contribution < -0.4 is 4.90 Å². The molecule has 0 spiro atoms. The minimum atomic E-state index is -0.343. The molecule has 1 fully saturated rings. The van der Waals surface area contributed by atoms with Crippen molar-refractivity contribution in [3.63, 3.8) is 0 Å². The number of rotatable bonds is 3. The number of piperidine rings is 1. The van der Waals surface area contributed by atoms with Crippen LogP contribution in [0.1, 0.15) is 23.2 Å². The first kappa shape index (κ1) is 17.2.